The fourth-order valence-corrected chi connectivity index (χ4v) is 2.01. The zero-order valence-electron chi connectivity index (χ0n) is 9.94. The molecule has 0 aliphatic carbocycles. The minimum atomic E-state index is -1.17. The summed E-state index contributed by atoms with van der Waals surface area (Å²) in [5.41, 5.74) is -0.285. The second-order valence-corrected chi connectivity index (χ2v) is 4.13. The molecule has 0 aromatic heterocycles. The SMILES string of the molecule is N#Cc1ccc(N2CCN(C(=O)O)CC2)c(F)c1F. The summed E-state index contributed by atoms with van der Waals surface area (Å²) in [5.74, 6) is -2.23. The van der Waals surface area contributed by atoms with Crippen LogP contribution < -0.4 is 4.90 Å². The monoisotopic (exact) mass is 267 g/mol. The summed E-state index contributed by atoms with van der Waals surface area (Å²) in [6.07, 6.45) is -1.02. The molecule has 1 fully saturated rings. The second-order valence-electron chi connectivity index (χ2n) is 4.13. The van der Waals surface area contributed by atoms with Gasteiger partial charge in [0.05, 0.1) is 11.3 Å². The van der Waals surface area contributed by atoms with E-state index in [4.69, 9.17) is 10.4 Å². The molecule has 1 aromatic rings. The predicted molar refractivity (Wildman–Crippen MR) is 62.9 cm³/mol. The lowest BCUT2D eigenvalue weighted by atomic mass is 10.1. The molecule has 0 unspecified atom stereocenters. The number of nitrogens with zero attached hydrogens (tertiary/aromatic N) is 3. The number of carboxylic acid groups (broad SMARTS) is 1. The first-order valence-electron chi connectivity index (χ1n) is 5.65. The summed E-state index contributed by atoms with van der Waals surface area (Å²) in [6, 6.07) is 4.13. The van der Waals surface area contributed by atoms with Gasteiger partial charge in [-0.25, -0.2) is 13.6 Å². The van der Waals surface area contributed by atoms with Crippen LogP contribution in [-0.2, 0) is 0 Å². The molecule has 1 saturated heterocycles. The number of halogens is 2. The van der Waals surface area contributed by atoms with Crippen LogP contribution in [0.4, 0.5) is 19.3 Å². The Morgan fingerprint density at radius 2 is 1.84 bits per heavy atom. The van der Waals surface area contributed by atoms with E-state index < -0.39 is 17.7 Å². The zero-order valence-corrected chi connectivity index (χ0v) is 9.94. The van der Waals surface area contributed by atoms with Crippen molar-refractivity contribution in [2.45, 2.75) is 0 Å². The van der Waals surface area contributed by atoms with E-state index in [-0.39, 0.29) is 37.4 Å². The number of carbonyl (C=O) groups is 1. The normalized spacial score (nSPS) is 15.2. The van der Waals surface area contributed by atoms with Crippen LogP contribution in [0.2, 0.25) is 0 Å². The van der Waals surface area contributed by atoms with Crippen LogP contribution in [0.1, 0.15) is 5.56 Å². The van der Waals surface area contributed by atoms with Crippen molar-refractivity contribution in [1.29, 1.82) is 5.26 Å². The number of hydrogen-bond acceptors (Lipinski definition) is 3. The van der Waals surface area contributed by atoms with Crippen LogP contribution in [-0.4, -0.2) is 42.3 Å². The third kappa shape index (κ3) is 2.42. The smallest absolute Gasteiger partial charge is 0.407 e. The molecule has 1 aliphatic heterocycles. The summed E-state index contributed by atoms with van der Waals surface area (Å²) in [4.78, 5) is 13.5. The molecule has 1 aliphatic rings. The van der Waals surface area contributed by atoms with Gasteiger partial charge in [0.1, 0.15) is 6.07 Å². The predicted octanol–water partition coefficient (Wildman–Crippen LogP) is 1.64. The molecular formula is C12H11F2N3O2. The Morgan fingerprint density at radius 3 is 2.37 bits per heavy atom. The topological polar surface area (TPSA) is 67.6 Å². The van der Waals surface area contributed by atoms with Crippen LogP contribution in [0.5, 0.6) is 0 Å². The molecule has 2 rings (SSSR count). The third-order valence-corrected chi connectivity index (χ3v) is 3.07. The van der Waals surface area contributed by atoms with E-state index in [9.17, 15) is 13.6 Å². The largest absolute Gasteiger partial charge is 0.465 e. The van der Waals surface area contributed by atoms with Gasteiger partial charge in [-0.05, 0) is 12.1 Å². The van der Waals surface area contributed by atoms with Crippen molar-refractivity contribution in [3.63, 3.8) is 0 Å². The second kappa shape index (κ2) is 5.10. The summed E-state index contributed by atoms with van der Waals surface area (Å²) in [7, 11) is 0. The van der Waals surface area contributed by atoms with Crippen molar-refractivity contribution >= 4 is 11.8 Å². The first kappa shape index (κ1) is 13.1. The fourth-order valence-electron chi connectivity index (χ4n) is 2.01. The Labute approximate surface area is 108 Å². The van der Waals surface area contributed by atoms with Crippen LogP contribution >= 0.6 is 0 Å². The molecule has 0 saturated carbocycles. The van der Waals surface area contributed by atoms with Gasteiger partial charge in [-0.3, -0.25) is 0 Å². The summed E-state index contributed by atoms with van der Waals surface area (Å²) in [6.45, 7) is 1.04. The van der Waals surface area contributed by atoms with E-state index in [1.165, 1.54) is 17.0 Å². The van der Waals surface area contributed by atoms with Gasteiger partial charge >= 0.3 is 6.09 Å². The van der Waals surface area contributed by atoms with E-state index in [2.05, 4.69) is 0 Å². The van der Waals surface area contributed by atoms with Crippen LogP contribution in [0.15, 0.2) is 12.1 Å². The van der Waals surface area contributed by atoms with Crippen molar-refractivity contribution in [1.82, 2.24) is 4.90 Å². The Kier molecular flexibility index (Phi) is 3.51. The highest BCUT2D eigenvalue weighted by Gasteiger charge is 2.24. The maximum Gasteiger partial charge on any atom is 0.407 e. The van der Waals surface area contributed by atoms with Gasteiger partial charge in [-0.2, -0.15) is 5.26 Å². The van der Waals surface area contributed by atoms with Crippen molar-refractivity contribution in [2.75, 3.05) is 31.1 Å². The highest BCUT2D eigenvalue weighted by molar-refractivity contribution is 5.65. The Balaban J connectivity index is 2.19. The van der Waals surface area contributed by atoms with Gasteiger partial charge in [0, 0.05) is 26.2 Å². The molecule has 0 radical (unpaired) electrons. The molecule has 1 heterocycles. The molecule has 1 N–H and O–H groups in total. The summed E-state index contributed by atoms with van der Waals surface area (Å²) >= 11 is 0. The lowest BCUT2D eigenvalue weighted by Gasteiger charge is -2.34. The van der Waals surface area contributed by atoms with Gasteiger partial charge in [-0.15, -0.1) is 0 Å². The zero-order chi connectivity index (χ0) is 14.0. The van der Waals surface area contributed by atoms with Crippen molar-refractivity contribution in [3.8, 4) is 6.07 Å². The average molecular weight is 267 g/mol. The highest BCUT2D eigenvalue weighted by Crippen LogP contribution is 2.24. The van der Waals surface area contributed by atoms with Crippen molar-refractivity contribution in [3.05, 3.63) is 29.3 Å². The number of amides is 1. The Hall–Kier alpha value is -2.36. The fraction of sp³-hybridized carbons (Fsp3) is 0.333. The van der Waals surface area contributed by atoms with Gasteiger partial charge in [0.2, 0.25) is 0 Å². The number of anilines is 1. The van der Waals surface area contributed by atoms with Crippen LogP contribution in [0, 0.1) is 23.0 Å². The third-order valence-electron chi connectivity index (χ3n) is 3.07. The first-order chi connectivity index (χ1) is 9.04. The molecule has 1 amide bonds. The number of piperazine rings is 1. The summed E-state index contributed by atoms with van der Waals surface area (Å²) < 4.78 is 27.3. The van der Waals surface area contributed by atoms with Crippen molar-refractivity contribution in [2.24, 2.45) is 0 Å². The highest BCUT2D eigenvalue weighted by atomic mass is 19.2. The quantitative estimate of drug-likeness (QED) is 0.839. The molecule has 7 heteroatoms. The van der Waals surface area contributed by atoms with E-state index in [1.807, 2.05) is 0 Å². The number of benzene rings is 1. The molecule has 0 spiro atoms. The van der Waals surface area contributed by atoms with E-state index in [0.29, 0.717) is 0 Å². The Bertz CT molecular complexity index is 549. The van der Waals surface area contributed by atoms with E-state index in [1.54, 1.807) is 11.0 Å². The molecule has 5 nitrogen and oxygen atoms in total. The van der Waals surface area contributed by atoms with Gasteiger partial charge in [0.15, 0.2) is 11.6 Å². The van der Waals surface area contributed by atoms with E-state index in [0.717, 1.165) is 0 Å². The number of nitriles is 1. The van der Waals surface area contributed by atoms with E-state index >= 15 is 0 Å². The van der Waals surface area contributed by atoms with Crippen LogP contribution in [0.3, 0.4) is 0 Å². The molecule has 0 bridgehead atoms. The first-order valence-corrected chi connectivity index (χ1v) is 5.65. The Morgan fingerprint density at radius 1 is 1.21 bits per heavy atom. The number of hydrogen-bond donors (Lipinski definition) is 1. The molecule has 19 heavy (non-hydrogen) atoms. The molecule has 100 valence electrons. The number of rotatable bonds is 1. The molecular weight excluding hydrogens is 256 g/mol. The minimum Gasteiger partial charge on any atom is -0.465 e. The van der Waals surface area contributed by atoms with Gasteiger partial charge < -0.3 is 14.9 Å². The van der Waals surface area contributed by atoms with Gasteiger partial charge in [-0.1, -0.05) is 0 Å². The maximum atomic E-state index is 13.8. The maximum absolute atomic E-state index is 13.8. The minimum absolute atomic E-state index is 0.0570. The molecule has 0 atom stereocenters. The lowest BCUT2D eigenvalue weighted by molar-refractivity contribution is 0.142. The average Bonchev–Trinajstić information content (AvgIpc) is 2.42. The van der Waals surface area contributed by atoms with Crippen LogP contribution in [0.25, 0.3) is 0 Å². The summed E-state index contributed by atoms with van der Waals surface area (Å²) in [5, 5.41) is 17.4. The van der Waals surface area contributed by atoms with Crippen molar-refractivity contribution < 1.29 is 18.7 Å². The standard InChI is InChI=1S/C12H11F2N3O2/c13-10-8(7-15)1-2-9(11(10)14)16-3-5-17(6-4-16)12(18)19/h1-2H,3-6H2,(H,18,19). The lowest BCUT2D eigenvalue weighted by Crippen LogP contribution is -2.48. The van der Waals surface area contributed by atoms with Gasteiger partial charge in [0.25, 0.3) is 0 Å². The molecule has 1 aromatic carbocycles.